The molecule has 0 radical (unpaired) electrons. The van der Waals surface area contributed by atoms with Gasteiger partial charge in [-0.3, -0.25) is 4.79 Å². The van der Waals surface area contributed by atoms with E-state index in [-0.39, 0.29) is 18.3 Å². The third-order valence-corrected chi connectivity index (χ3v) is 4.72. The van der Waals surface area contributed by atoms with E-state index in [9.17, 15) is 9.18 Å². The summed E-state index contributed by atoms with van der Waals surface area (Å²) in [4.78, 5) is 16.2. The van der Waals surface area contributed by atoms with E-state index in [1.54, 1.807) is 36.3 Å². The number of para-hydroxylation sites is 1. The van der Waals surface area contributed by atoms with E-state index in [1.807, 2.05) is 17.0 Å². The van der Waals surface area contributed by atoms with Gasteiger partial charge in [0.15, 0.2) is 0 Å². The van der Waals surface area contributed by atoms with Gasteiger partial charge in [0, 0.05) is 31.9 Å². The summed E-state index contributed by atoms with van der Waals surface area (Å²) in [6.07, 6.45) is 0. The number of amides is 1. The summed E-state index contributed by atoms with van der Waals surface area (Å²) in [5.74, 6) is 0.364. The summed E-state index contributed by atoms with van der Waals surface area (Å²) >= 11 is 6.08. The van der Waals surface area contributed by atoms with E-state index in [2.05, 4.69) is 5.32 Å². The fourth-order valence-electron chi connectivity index (χ4n) is 2.97. The third-order valence-electron chi connectivity index (χ3n) is 4.42. The highest BCUT2D eigenvalue weighted by Crippen LogP contribution is 2.27. The van der Waals surface area contributed by atoms with Crippen LogP contribution in [-0.2, 0) is 4.79 Å². The predicted octanol–water partition coefficient (Wildman–Crippen LogP) is 3.25. The molecule has 1 aliphatic rings. The van der Waals surface area contributed by atoms with E-state index in [1.165, 1.54) is 6.07 Å². The highest BCUT2D eigenvalue weighted by atomic mass is 35.5. The van der Waals surface area contributed by atoms with Crippen molar-refractivity contribution in [1.29, 1.82) is 0 Å². The molecule has 0 atom stereocenters. The van der Waals surface area contributed by atoms with Crippen LogP contribution in [0.1, 0.15) is 0 Å². The van der Waals surface area contributed by atoms with Crippen molar-refractivity contribution in [3.63, 3.8) is 0 Å². The van der Waals surface area contributed by atoms with Crippen molar-refractivity contribution in [2.45, 2.75) is 0 Å². The Morgan fingerprint density at radius 1 is 1.19 bits per heavy atom. The average molecular weight is 378 g/mol. The number of piperazine rings is 1. The first kappa shape index (κ1) is 18.3. The Morgan fingerprint density at radius 3 is 2.58 bits per heavy atom. The van der Waals surface area contributed by atoms with Crippen LogP contribution in [0.4, 0.5) is 15.8 Å². The fourth-order valence-corrected chi connectivity index (χ4v) is 3.23. The maximum atomic E-state index is 13.9. The van der Waals surface area contributed by atoms with Gasteiger partial charge < -0.3 is 19.9 Å². The second-order valence-corrected chi connectivity index (χ2v) is 6.43. The lowest BCUT2D eigenvalue weighted by Crippen LogP contribution is -2.50. The number of rotatable bonds is 5. The smallest absolute Gasteiger partial charge is 0.241 e. The molecule has 0 spiro atoms. The lowest BCUT2D eigenvalue weighted by atomic mass is 10.2. The first-order valence-corrected chi connectivity index (χ1v) is 8.81. The second-order valence-electron chi connectivity index (χ2n) is 6.02. The Balaban J connectivity index is 1.51. The molecule has 1 aliphatic heterocycles. The molecule has 1 saturated heterocycles. The monoisotopic (exact) mass is 377 g/mol. The van der Waals surface area contributed by atoms with Crippen LogP contribution in [-0.4, -0.2) is 50.6 Å². The van der Waals surface area contributed by atoms with Crippen molar-refractivity contribution in [3.05, 3.63) is 53.3 Å². The molecule has 1 fully saturated rings. The van der Waals surface area contributed by atoms with Crippen LogP contribution in [0.2, 0.25) is 5.02 Å². The van der Waals surface area contributed by atoms with Crippen LogP contribution in [0.5, 0.6) is 5.75 Å². The van der Waals surface area contributed by atoms with E-state index in [4.69, 9.17) is 16.3 Å². The van der Waals surface area contributed by atoms with Gasteiger partial charge in [-0.05, 0) is 30.3 Å². The summed E-state index contributed by atoms with van der Waals surface area (Å²) < 4.78 is 19.0. The van der Waals surface area contributed by atoms with Crippen molar-refractivity contribution in [3.8, 4) is 5.75 Å². The van der Waals surface area contributed by atoms with Crippen LogP contribution < -0.4 is 15.0 Å². The zero-order valence-corrected chi connectivity index (χ0v) is 15.3. The van der Waals surface area contributed by atoms with Gasteiger partial charge in [0.25, 0.3) is 0 Å². The topological polar surface area (TPSA) is 44.8 Å². The van der Waals surface area contributed by atoms with Crippen molar-refractivity contribution < 1.29 is 13.9 Å². The minimum absolute atomic E-state index is 0.00474. The molecule has 3 rings (SSSR count). The van der Waals surface area contributed by atoms with Gasteiger partial charge in [0.1, 0.15) is 11.6 Å². The molecule has 1 heterocycles. The van der Waals surface area contributed by atoms with Crippen molar-refractivity contribution in [2.75, 3.05) is 50.1 Å². The van der Waals surface area contributed by atoms with Gasteiger partial charge in [0.05, 0.1) is 24.4 Å². The molecule has 138 valence electrons. The van der Waals surface area contributed by atoms with E-state index < -0.39 is 0 Å². The van der Waals surface area contributed by atoms with Crippen LogP contribution >= 0.6 is 11.6 Å². The van der Waals surface area contributed by atoms with Crippen LogP contribution in [0.15, 0.2) is 42.5 Å². The standard InChI is InChI=1S/C19H21ClFN3O2/c1-26-18-7-6-14(12-15(18)20)22-13-19(25)24-10-8-23(9-11-24)17-5-3-2-4-16(17)21/h2-7,12,22H,8-11,13H2,1H3. The molecular weight excluding hydrogens is 357 g/mol. The number of halogens is 2. The molecule has 0 unspecified atom stereocenters. The molecule has 0 bridgehead atoms. The Morgan fingerprint density at radius 2 is 1.92 bits per heavy atom. The number of carbonyl (C=O) groups excluding carboxylic acids is 1. The third kappa shape index (κ3) is 4.19. The number of hydrogen-bond donors (Lipinski definition) is 1. The number of hydrogen-bond acceptors (Lipinski definition) is 4. The molecular formula is C19H21ClFN3O2. The number of anilines is 2. The lowest BCUT2D eigenvalue weighted by molar-refractivity contribution is -0.129. The molecule has 26 heavy (non-hydrogen) atoms. The van der Waals surface area contributed by atoms with Crippen molar-refractivity contribution in [2.24, 2.45) is 0 Å². The van der Waals surface area contributed by atoms with Crippen LogP contribution in [0.3, 0.4) is 0 Å². The van der Waals surface area contributed by atoms with Gasteiger partial charge >= 0.3 is 0 Å². The van der Waals surface area contributed by atoms with E-state index in [0.29, 0.717) is 42.6 Å². The Bertz CT molecular complexity index is 779. The number of carbonyl (C=O) groups is 1. The maximum Gasteiger partial charge on any atom is 0.241 e. The molecule has 7 heteroatoms. The molecule has 1 N–H and O–H groups in total. The molecule has 0 aliphatic carbocycles. The summed E-state index contributed by atoms with van der Waals surface area (Å²) in [6, 6.07) is 12.0. The number of nitrogens with one attached hydrogen (secondary N) is 1. The van der Waals surface area contributed by atoms with Crippen LogP contribution in [0.25, 0.3) is 0 Å². The first-order chi connectivity index (χ1) is 12.6. The Hall–Kier alpha value is -2.47. The molecule has 1 amide bonds. The minimum Gasteiger partial charge on any atom is -0.495 e. The summed E-state index contributed by atoms with van der Waals surface area (Å²) in [7, 11) is 1.55. The summed E-state index contributed by atoms with van der Waals surface area (Å²) in [6.45, 7) is 2.54. The number of benzene rings is 2. The van der Waals surface area contributed by atoms with Gasteiger partial charge in [-0.1, -0.05) is 23.7 Å². The Kier molecular flexibility index (Phi) is 5.83. The fraction of sp³-hybridized carbons (Fsp3) is 0.316. The maximum absolute atomic E-state index is 13.9. The van der Waals surface area contributed by atoms with Gasteiger partial charge in [-0.15, -0.1) is 0 Å². The highest BCUT2D eigenvalue weighted by Gasteiger charge is 2.22. The zero-order chi connectivity index (χ0) is 18.5. The van der Waals surface area contributed by atoms with E-state index in [0.717, 1.165) is 5.69 Å². The Labute approximate surface area is 157 Å². The predicted molar refractivity (Wildman–Crippen MR) is 102 cm³/mol. The first-order valence-electron chi connectivity index (χ1n) is 8.43. The lowest BCUT2D eigenvalue weighted by Gasteiger charge is -2.36. The summed E-state index contributed by atoms with van der Waals surface area (Å²) in [5.41, 5.74) is 1.35. The molecule has 2 aromatic carbocycles. The normalized spacial score (nSPS) is 14.3. The molecule has 0 aromatic heterocycles. The van der Waals surface area contributed by atoms with Gasteiger partial charge in [0.2, 0.25) is 5.91 Å². The largest absolute Gasteiger partial charge is 0.495 e. The number of methoxy groups -OCH3 is 1. The molecule has 2 aromatic rings. The quantitative estimate of drug-likeness (QED) is 0.868. The number of nitrogens with zero attached hydrogens (tertiary/aromatic N) is 2. The van der Waals surface area contributed by atoms with Gasteiger partial charge in [-0.25, -0.2) is 4.39 Å². The van der Waals surface area contributed by atoms with Crippen molar-refractivity contribution >= 4 is 28.9 Å². The van der Waals surface area contributed by atoms with Gasteiger partial charge in [-0.2, -0.15) is 0 Å². The van der Waals surface area contributed by atoms with Crippen molar-refractivity contribution in [1.82, 2.24) is 4.90 Å². The zero-order valence-electron chi connectivity index (χ0n) is 14.5. The average Bonchev–Trinajstić information content (AvgIpc) is 2.67. The molecule has 5 nitrogen and oxygen atoms in total. The molecule has 0 saturated carbocycles. The SMILES string of the molecule is COc1ccc(NCC(=O)N2CCN(c3ccccc3F)CC2)cc1Cl. The van der Waals surface area contributed by atoms with E-state index >= 15 is 0 Å². The van der Waals surface area contributed by atoms with Crippen LogP contribution in [0, 0.1) is 5.82 Å². The highest BCUT2D eigenvalue weighted by molar-refractivity contribution is 6.32. The minimum atomic E-state index is -0.231. The second kappa shape index (κ2) is 8.27. The summed E-state index contributed by atoms with van der Waals surface area (Å²) in [5, 5.41) is 3.57. The number of ether oxygens (including phenoxy) is 1.